The molecule has 2 aliphatic heterocycles. The minimum Gasteiger partial charge on any atom is -0.486 e. The molecule has 0 radical (unpaired) electrons. The summed E-state index contributed by atoms with van der Waals surface area (Å²) >= 11 is 0. The molecule has 0 aromatic heterocycles. The molecule has 0 amide bonds. The summed E-state index contributed by atoms with van der Waals surface area (Å²) in [6.45, 7) is 7.92. The lowest BCUT2D eigenvalue weighted by atomic mass is 10.1. The molecule has 0 saturated heterocycles. The number of benzene rings is 3. The monoisotopic (exact) mass is 434 g/mol. The van der Waals surface area contributed by atoms with Crippen molar-refractivity contribution in [1.29, 1.82) is 0 Å². The standard InChI is InChI=1S/C10H12.C9H10O2.C8H8O2.CH4/c1-8-5-6-9-3-2-4-10(9)7-8;1-7-2-3-8-9(6-7)11-5-4-10-8;1-6-2-3-7-8(4-6)10-5-9-7;/h5-7H,2-4H2,1H3;2-3,6H,4-5H2,1H3;2-4H,5H2,1H3;1H4. The van der Waals surface area contributed by atoms with Gasteiger partial charge in [-0.05, 0) is 86.6 Å². The second kappa shape index (κ2) is 10.9. The van der Waals surface area contributed by atoms with Gasteiger partial charge in [-0.2, -0.15) is 0 Å². The Labute approximate surface area is 192 Å². The van der Waals surface area contributed by atoms with Gasteiger partial charge in [0.2, 0.25) is 6.79 Å². The first kappa shape index (κ1) is 23.5. The predicted octanol–water partition coefficient (Wildman–Crippen LogP) is 6.61. The molecule has 0 N–H and O–H groups in total. The van der Waals surface area contributed by atoms with Crippen molar-refractivity contribution in [2.75, 3.05) is 20.0 Å². The molecule has 3 aliphatic rings. The maximum Gasteiger partial charge on any atom is 0.231 e. The summed E-state index contributed by atoms with van der Waals surface area (Å²) in [6, 6.07) is 18.7. The Hall–Kier alpha value is -3.14. The van der Waals surface area contributed by atoms with E-state index in [1.165, 1.54) is 36.0 Å². The van der Waals surface area contributed by atoms with Crippen LogP contribution >= 0.6 is 0 Å². The molecule has 4 heteroatoms. The van der Waals surface area contributed by atoms with Crippen LogP contribution in [0.5, 0.6) is 23.0 Å². The normalized spacial score (nSPS) is 14.1. The van der Waals surface area contributed by atoms with E-state index in [9.17, 15) is 0 Å². The Bertz CT molecular complexity index is 986. The second-order valence-corrected chi connectivity index (χ2v) is 8.13. The minimum absolute atomic E-state index is 0. The van der Waals surface area contributed by atoms with Crippen LogP contribution in [0, 0.1) is 20.8 Å². The summed E-state index contributed by atoms with van der Waals surface area (Å²) in [6.07, 6.45) is 3.96. The van der Waals surface area contributed by atoms with E-state index >= 15 is 0 Å². The van der Waals surface area contributed by atoms with Gasteiger partial charge in [-0.3, -0.25) is 0 Å². The number of ether oxygens (including phenoxy) is 4. The fourth-order valence-corrected chi connectivity index (χ4v) is 3.85. The van der Waals surface area contributed by atoms with Crippen molar-refractivity contribution in [1.82, 2.24) is 0 Å². The van der Waals surface area contributed by atoms with Crippen molar-refractivity contribution in [2.45, 2.75) is 47.5 Å². The molecular weight excluding hydrogens is 400 g/mol. The number of hydrogen-bond donors (Lipinski definition) is 0. The minimum atomic E-state index is 0. The van der Waals surface area contributed by atoms with Crippen molar-refractivity contribution in [3.63, 3.8) is 0 Å². The average molecular weight is 435 g/mol. The second-order valence-electron chi connectivity index (χ2n) is 8.13. The predicted molar refractivity (Wildman–Crippen MR) is 129 cm³/mol. The van der Waals surface area contributed by atoms with Gasteiger partial charge in [0, 0.05) is 0 Å². The zero-order valence-electron chi connectivity index (χ0n) is 18.6. The quantitative estimate of drug-likeness (QED) is 0.399. The van der Waals surface area contributed by atoms with E-state index < -0.39 is 0 Å². The van der Waals surface area contributed by atoms with Crippen LogP contribution in [0.25, 0.3) is 0 Å². The van der Waals surface area contributed by atoms with Crippen LogP contribution in [0.2, 0.25) is 0 Å². The van der Waals surface area contributed by atoms with Crippen LogP contribution < -0.4 is 18.9 Å². The number of aryl methyl sites for hydroxylation is 5. The summed E-state index contributed by atoms with van der Waals surface area (Å²) < 4.78 is 21.0. The number of rotatable bonds is 0. The topological polar surface area (TPSA) is 36.9 Å². The van der Waals surface area contributed by atoms with E-state index in [2.05, 4.69) is 25.1 Å². The number of fused-ring (bicyclic) bond motifs is 3. The summed E-state index contributed by atoms with van der Waals surface area (Å²) in [4.78, 5) is 0. The highest BCUT2D eigenvalue weighted by Crippen LogP contribution is 2.32. The zero-order valence-corrected chi connectivity index (χ0v) is 18.6. The van der Waals surface area contributed by atoms with E-state index in [0.717, 1.165) is 23.0 Å². The summed E-state index contributed by atoms with van der Waals surface area (Å²) in [7, 11) is 0. The average Bonchev–Trinajstić information content (AvgIpc) is 3.43. The van der Waals surface area contributed by atoms with Crippen LogP contribution in [0.1, 0.15) is 41.7 Å². The van der Waals surface area contributed by atoms with Crippen molar-refractivity contribution in [3.05, 3.63) is 82.4 Å². The molecule has 1 aliphatic carbocycles. The van der Waals surface area contributed by atoms with E-state index in [1.54, 1.807) is 11.1 Å². The smallest absolute Gasteiger partial charge is 0.231 e. The maximum atomic E-state index is 5.38. The molecule has 3 aromatic carbocycles. The Morgan fingerprint density at radius 2 is 1.03 bits per heavy atom. The lowest BCUT2D eigenvalue weighted by Crippen LogP contribution is -2.15. The molecule has 0 fully saturated rings. The first-order valence-corrected chi connectivity index (χ1v) is 10.9. The molecule has 0 unspecified atom stereocenters. The fourth-order valence-electron chi connectivity index (χ4n) is 3.85. The van der Waals surface area contributed by atoms with Crippen LogP contribution in [0.3, 0.4) is 0 Å². The SMILES string of the molecule is C.Cc1ccc2c(c1)CCC2.Cc1ccc2c(c1)OCCO2.Cc1ccc2c(c1)OCO2. The van der Waals surface area contributed by atoms with E-state index in [0.29, 0.717) is 20.0 Å². The molecule has 2 heterocycles. The van der Waals surface area contributed by atoms with Crippen LogP contribution in [-0.4, -0.2) is 20.0 Å². The van der Waals surface area contributed by atoms with Crippen LogP contribution in [0.4, 0.5) is 0 Å². The molecule has 0 atom stereocenters. The van der Waals surface area contributed by atoms with Gasteiger partial charge in [-0.15, -0.1) is 0 Å². The number of hydrogen-bond acceptors (Lipinski definition) is 4. The highest BCUT2D eigenvalue weighted by Gasteiger charge is 2.11. The van der Waals surface area contributed by atoms with Gasteiger partial charge in [-0.1, -0.05) is 43.3 Å². The fraction of sp³-hybridized carbons (Fsp3) is 0.357. The zero-order chi connectivity index (χ0) is 21.6. The Morgan fingerprint density at radius 1 is 0.531 bits per heavy atom. The Balaban J connectivity index is 0.000000134. The van der Waals surface area contributed by atoms with Crippen molar-refractivity contribution in [2.24, 2.45) is 0 Å². The van der Waals surface area contributed by atoms with Gasteiger partial charge < -0.3 is 18.9 Å². The third-order valence-electron chi connectivity index (χ3n) is 5.48. The van der Waals surface area contributed by atoms with E-state index in [4.69, 9.17) is 18.9 Å². The summed E-state index contributed by atoms with van der Waals surface area (Å²) in [5, 5.41) is 0. The van der Waals surface area contributed by atoms with Crippen molar-refractivity contribution >= 4 is 0 Å². The van der Waals surface area contributed by atoms with Gasteiger partial charge in [0.15, 0.2) is 23.0 Å². The van der Waals surface area contributed by atoms with Gasteiger partial charge in [0.1, 0.15) is 13.2 Å². The molecule has 3 aromatic rings. The Kier molecular flexibility index (Phi) is 8.04. The van der Waals surface area contributed by atoms with Crippen molar-refractivity contribution in [3.8, 4) is 23.0 Å². The Morgan fingerprint density at radius 3 is 1.75 bits per heavy atom. The molecule has 32 heavy (non-hydrogen) atoms. The molecule has 0 spiro atoms. The lowest BCUT2D eigenvalue weighted by Gasteiger charge is -2.18. The van der Waals surface area contributed by atoms with Gasteiger partial charge >= 0.3 is 0 Å². The highest BCUT2D eigenvalue weighted by atomic mass is 16.7. The van der Waals surface area contributed by atoms with Crippen LogP contribution in [-0.2, 0) is 12.8 Å². The van der Waals surface area contributed by atoms with Gasteiger partial charge in [0.25, 0.3) is 0 Å². The molecular formula is C28H34O4. The third-order valence-corrected chi connectivity index (χ3v) is 5.48. The molecule has 4 nitrogen and oxygen atoms in total. The van der Waals surface area contributed by atoms with Crippen molar-refractivity contribution < 1.29 is 18.9 Å². The highest BCUT2D eigenvalue weighted by molar-refractivity contribution is 5.44. The first-order valence-electron chi connectivity index (χ1n) is 10.9. The lowest BCUT2D eigenvalue weighted by molar-refractivity contribution is 0.171. The van der Waals surface area contributed by atoms with Gasteiger partial charge in [0.05, 0.1) is 0 Å². The largest absolute Gasteiger partial charge is 0.486 e. The van der Waals surface area contributed by atoms with E-state index in [-0.39, 0.29) is 7.43 Å². The van der Waals surface area contributed by atoms with E-state index in [1.807, 2.05) is 50.2 Å². The molecule has 0 bridgehead atoms. The summed E-state index contributed by atoms with van der Waals surface area (Å²) in [5.74, 6) is 3.45. The maximum absolute atomic E-state index is 5.38. The van der Waals surface area contributed by atoms with Gasteiger partial charge in [-0.25, -0.2) is 0 Å². The summed E-state index contributed by atoms with van der Waals surface area (Å²) in [5.41, 5.74) is 6.96. The third kappa shape index (κ3) is 5.97. The molecule has 6 rings (SSSR count). The molecule has 0 saturated carbocycles. The molecule has 170 valence electrons. The first-order chi connectivity index (χ1) is 15.1. The van der Waals surface area contributed by atoms with Crippen LogP contribution in [0.15, 0.2) is 54.6 Å².